The van der Waals surface area contributed by atoms with E-state index in [0.29, 0.717) is 5.69 Å². The van der Waals surface area contributed by atoms with Crippen molar-refractivity contribution in [3.8, 4) is 0 Å². The standard InChI is InChI=1S/C9H11NO3S/c1-13-8(11)6-14-9(12)7-4-2-3-5-10-7/h2-5,9,12H,6H2,1H3. The number of nitrogens with zero attached hydrogens (tertiary/aromatic N) is 1. The molecule has 14 heavy (non-hydrogen) atoms. The van der Waals surface area contributed by atoms with Gasteiger partial charge in [-0.1, -0.05) is 6.07 Å². The summed E-state index contributed by atoms with van der Waals surface area (Å²) in [6.45, 7) is 0. The van der Waals surface area contributed by atoms with Gasteiger partial charge in [-0.3, -0.25) is 9.78 Å². The van der Waals surface area contributed by atoms with Gasteiger partial charge in [0.25, 0.3) is 0 Å². The van der Waals surface area contributed by atoms with Crippen LogP contribution in [0.25, 0.3) is 0 Å². The zero-order chi connectivity index (χ0) is 10.4. The third kappa shape index (κ3) is 3.35. The van der Waals surface area contributed by atoms with Gasteiger partial charge >= 0.3 is 5.97 Å². The second-order valence-electron chi connectivity index (χ2n) is 2.49. The minimum absolute atomic E-state index is 0.119. The van der Waals surface area contributed by atoms with E-state index in [1.165, 1.54) is 7.11 Å². The third-order valence-electron chi connectivity index (χ3n) is 1.53. The second-order valence-corrected chi connectivity index (χ2v) is 3.56. The zero-order valence-electron chi connectivity index (χ0n) is 7.71. The first-order valence-corrected chi connectivity index (χ1v) is 5.06. The lowest BCUT2D eigenvalue weighted by atomic mass is 10.4. The van der Waals surface area contributed by atoms with Gasteiger partial charge in [0.05, 0.1) is 18.6 Å². The lowest BCUT2D eigenvalue weighted by Crippen LogP contribution is -2.06. The summed E-state index contributed by atoms with van der Waals surface area (Å²) < 4.78 is 4.45. The highest BCUT2D eigenvalue weighted by molar-refractivity contribution is 7.99. The van der Waals surface area contributed by atoms with Crippen LogP contribution in [-0.2, 0) is 9.53 Å². The molecule has 1 aromatic rings. The quantitative estimate of drug-likeness (QED) is 0.596. The molecule has 0 saturated heterocycles. The first-order chi connectivity index (χ1) is 6.74. The fourth-order valence-corrected chi connectivity index (χ4v) is 1.54. The van der Waals surface area contributed by atoms with Crippen molar-refractivity contribution in [3.05, 3.63) is 30.1 Å². The van der Waals surface area contributed by atoms with Crippen LogP contribution in [0.15, 0.2) is 24.4 Å². The van der Waals surface area contributed by atoms with Gasteiger partial charge in [0.2, 0.25) is 0 Å². The van der Waals surface area contributed by atoms with Crippen molar-refractivity contribution in [1.82, 2.24) is 4.98 Å². The Hall–Kier alpha value is -1.07. The number of thioether (sulfide) groups is 1. The number of pyridine rings is 1. The molecule has 4 nitrogen and oxygen atoms in total. The van der Waals surface area contributed by atoms with E-state index >= 15 is 0 Å². The molecule has 0 radical (unpaired) electrons. The van der Waals surface area contributed by atoms with Crippen LogP contribution in [0.4, 0.5) is 0 Å². The van der Waals surface area contributed by atoms with Gasteiger partial charge in [0.15, 0.2) is 0 Å². The lowest BCUT2D eigenvalue weighted by Gasteiger charge is -2.07. The Labute approximate surface area is 86.3 Å². The molecule has 0 bridgehead atoms. The average Bonchev–Trinajstić information content (AvgIpc) is 2.26. The number of aliphatic hydroxyl groups is 1. The van der Waals surface area contributed by atoms with Gasteiger partial charge < -0.3 is 9.84 Å². The molecule has 0 aromatic carbocycles. The summed E-state index contributed by atoms with van der Waals surface area (Å²) in [5.41, 5.74) is -0.239. The van der Waals surface area contributed by atoms with E-state index in [0.717, 1.165) is 11.8 Å². The summed E-state index contributed by atoms with van der Waals surface area (Å²) in [7, 11) is 1.32. The number of hydrogen-bond acceptors (Lipinski definition) is 5. The number of aliphatic hydroxyl groups excluding tert-OH is 1. The number of carbonyl (C=O) groups excluding carboxylic acids is 1. The number of hydrogen-bond donors (Lipinski definition) is 1. The Morgan fingerprint density at radius 2 is 2.50 bits per heavy atom. The molecule has 76 valence electrons. The Balaban J connectivity index is 2.43. The number of carbonyl (C=O) groups is 1. The average molecular weight is 213 g/mol. The molecule has 5 heteroatoms. The normalized spacial score (nSPS) is 12.1. The first kappa shape index (κ1) is 11.0. The van der Waals surface area contributed by atoms with Crippen molar-refractivity contribution in [2.24, 2.45) is 0 Å². The molecule has 0 aliphatic carbocycles. The van der Waals surface area contributed by atoms with E-state index in [9.17, 15) is 9.90 Å². The molecule has 0 saturated carbocycles. The smallest absolute Gasteiger partial charge is 0.315 e. The summed E-state index contributed by atoms with van der Waals surface area (Å²) in [5, 5.41) is 9.56. The van der Waals surface area contributed by atoms with Crippen LogP contribution in [0.2, 0.25) is 0 Å². The highest BCUT2D eigenvalue weighted by Gasteiger charge is 2.11. The van der Waals surface area contributed by atoms with E-state index in [4.69, 9.17) is 0 Å². The third-order valence-corrected chi connectivity index (χ3v) is 2.49. The molecule has 0 aliphatic heterocycles. The fourth-order valence-electron chi connectivity index (χ4n) is 0.813. The second kappa shape index (κ2) is 5.62. The Bertz CT molecular complexity index is 291. The van der Waals surface area contributed by atoms with E-state index in [1.807, 2.05) is 0 Å². The summed E-state index contributed by atoms with van der Waals surface area (Å²) in [6.07, 6.45) is 1.59. The highest BCUT2D eigenvalue weighted by Crippen LogP contribution is 2.23. The summed E-state index contributed by atoms with van der Waals surface area (Å²) >= 11 is 1.08. The van der Waals surface area contributed by atoms with Gasteiger partial charge in [-0.05, 0) is 12.1 Å². The Kier molecular flexibility index (Phi) is 4.42. The number of aromatic nitrogens is 1. The molecule has 1 rings (SSSR count). The minimum atomic E-state index is -0.782. The lowest BCUT2D eigenvalue weighted by molar-refractivity contribution is -0.137. The van der Waals surface area contributed by atoms with Crippen molar-refractivity contribution >= 4 is 17.7 Å². The van der Waals surface area contributed by atoms with Crippen LogP contribution < -0.4 is 0 Å². The summed E-state index contributed by atoms with van der Waals surface area (Å²) in [5.74, 6) is -0.237. The van der Waals surface area contributed by atoms with Crippen molar-refractivity contribution in [1.29, 1.82) is 0 Å². The number of methoxy groups -OCH3 is 1. The topological polar surface area (TPSA) is 59.4 Å². The van der Waals surface area contributed by atoms with Gasteiger partial charge in [-0.15, -0.1) is 11.8 Å². The van der Waals surface area contributed by atoms with Gasteiger partial charge in [-0.2, -0.15) is 0 Å². The van der Waals surface area contributed by atoms with Gasteiger partial charge in [-0.25, -0.2) is 0 Å². The summed E-state index contributed by atoms with van der Waals surface area (Å²) in [6, 6.07) is 5.25. The molecule has 1 N–H and O–H groups in total. The van der Waals surface area contributed by atoms with Crippen molar-refractivity contribution in [2.75, 3.05) is 12.9 Å². The predicted octanol–water partition coefficient (Wildman–Crippen LogP) is 0.979. The van der Waals surface area contributed by atoms with E-state index in [2.05, 4.69) is 9.72 Å². The van der Waals surface area contributed by atoms with Crippen LogP contribution in [0.1, 0.15) is 11.1 Å². The van der Waals surface area contributed by atoms with Gasteiger partial charge in [0, 0.05) is 6.20 Å². The monoisotopic (exact) mass is 213 g/mol. The van der Waals surface area contributed by atoms with Crippen LogP contribution in [0, 0.1) is 0 Å². The van der Waals surface area contributed by atoms with Crippen LogP contribution >= 0.6 is 11.8 Å². The minimum Gasteiger partial charge on any atom is -0.468 e. The molecular formula is C9H11NO3S. The van der Waals surface area contributed by atoms with Crippen molar-refractivity contribution < 1.29 is 14.6 Å². The number of ether oxygens (including phenoxy) is 1. The predicted molar refractivity (Wildman–Crippen MR) is 53.7 cm³/mol. The molecule has 0 spiro atoms. The van der Waals surface area contributed by atoms with E-state index in [1.54, 1.807) is 24.4 Å². The molecule has 1 aromatic heterocycles. The van der Waals surface area contributed by atoms with Gasteiger partial charge in [0.1, 0.15) is 5.44 Å². The van der Waals surface area contributed by atoms with Crippen molar-refractivity contribution in [3.63, 3.8) is 0 Å². The largest absolute Gasteiger partial charge is 0.468 e. The molecule has 1 atom stereocenters. The SMILES string of the molecule is COC(=O)CSC(O)c1ccccn1. The zero-order valence-corrected chi connectivity index (χ0v) is 8.53. The van der Waals surface area contributed by atoms with Crippen LogP contribution in [-0.4, -0.2) is 28.9 Å². The highest BCUT2D eigenvalue weighted by atomic mass is 32.2. The summed E-state index contributed by atoms with van der Waals surface area (Å²) in [4.78, 5) is 14.7. The molecule has 1 unspecified atom stereocenters. The number of esters is 1. The number of rotatable bonds is 4. The molecular weight excluding hydrogens is 202 g/mol. The molecule has 0 aliphatic rings. The van der Waals surface area contributed by atoms with E-state index < -0.39 is 5.44 Å². The maximum atomic E-state index is 10.8. The molecule has 0 fully saturated rings. The Morgan fingerprint density at radius 3 is 3.07 bits per heavy atom. The van der Waals surface area contributed by atoms with Crippen LogP contribution in [0.3, 0.4) is 0 Å². The maximum Gasteiger partial charge on any atom is 0.315 e. The fraction of sp³-hybridized carbons (Fsp3) is 0.333. The first-order valence-electron chi connectivity index (χ1n) is 4.01. The Morgan fingerprint density at radius 1 is 1.71 bits per heavy atom. The maximum absolute atomic E-state index is 10.8. The molecule has 1 heterocycles. The van der Waals surface area contributed by atoms with Crippen molar-refractivity contribution in [2.45, 2.75) is 5.44 Å². The van der Waals surface area contributed by atoms with E-state index in [-0.39, 0.29) is 11.7 Å². The molecule has 0 amide bonds. The van der Waals surface area contributed by atoms with Crippen LogP contribution in [0.5, 0.6) is 0 Å².